The van der Waals surface area contributed by atoms with E-state index in [2.05, 4.69) is 67.5 Å². The average Bonchev–Trinajstić information content (AvgIpc) is 3.10. The van der Waals surface area contributed by atoms with Gasteiger partial charge in [-0.3, -0.25) is 9.11 Å². The third kappa shape index (κ3) is 9.92. The Kier molecular flexibility index (Phi) is 11.4. The molecule has 5 aromatic carbocycles. The first-order valence-corrected chi connectivity index (χ1v) is 18.8. The molecule has 0 aliphatic heterocycles. The minimum Gasteiger partial charge on any atom is -0.370 e. The van der Waals surface area contributed by atoms with Gasteiger partial charge in [-0.2, -0.15) is 37.3 Å². The summed E-state index contributed by atoms with van der Waals surface area (Å²) in [6.07, 6.45) is 0.753. The first-order chi connectivity index (χ1) is 24.2. The molecular weight excluding hydrogens is 689 g/mol. The molecule has 51 heavy (non-hydrogen) atoms. The number of benzene rings is 5. The van der Waals surface area contributed by atoms with Gasteiger partial charge in [0.15, 0.2) is 0 Å². The highest BCUT2D eigenvalue weighted by atomic mass is 32.2. The zero-order valence-corrected chi connectivity index (χ0v) is 30.2. The van der Waals surface area contributed by atoms with E-state index < -0.39 is 20.2 Å². The summed E-state index contributed by atoms with van der Waals surface area (Å²) in [5, 5.41) is 17.1. The third-order valence-corrected chi connectivity index (χ3v) is 9.92. The SMILES string of the molecule is CCc1cc(N(C)Cc2ccc(CN(C)c3ccc(N=Nc4ccc(S(=O)(=O)O)cc4)c(C)c3)cc2)ccc1N=Nc1ccc(S(=O)(=O)O)cc1. The highest BCUT2D eigenvalue weighted by molar-refractivity contribution is 7.86. The summed E-state index contributed by atoms with van der Waals surface area (Å²) >= 11 is 0. The van der Waals surface area contributed by atoms with E-state index >= 15 is 0 Å². The van der Waals surface area contributed by atoms with Crippen molar-refractivity contribution in [2.45, 2.75) is 43.1 Å². The summed E-state index contributed by atoms with van der Waals surface area (Å²) in [6.45, 7) is 5.42. The van der Waals surface area contributed by atoms with Crippen LogP contribution in [-0.2, 0) is 39.7 Å². The lowest BCUT2D eigenvalue weighted by Gasteiger charge is -2.22. The van der Waals surface area contributed by atoms with Crippen LogP contribution >= 0.6 is 0 Å². The fourth-order valence-electron chi connectivity index (χ4n) is 5.25. The van der Waals surface area contributed by atoms with Crippen LogP contribution in [0.1, 0.15) is 29.2 Å². The Hall–Kier alpha value is -5.28. The van der Waals surface area contributed by atoms with E-state index in [1.54, 1.807) is 0 Å². The molecular formula is C37H38N6O6S2. The van der Waals surface area contributed by atoms with Gasteiger partial charge < -0.3 is 9.80 Å². The molecule has 0 saturated carbocycles. The van der Waals surface area contributed by atoms with Crippen molar-refractivity contribution in [1.29, 1.82) is 0 Å². The molecule has 12 nitrogen and oxygen atoms in total. The number of hydrogen-bond donors (Lipinski definition) is 2. The van der Waals surface area contributed by atoms with Crippen molar-refractivity contribution in [3.05, 3.63) is 131 Å². The Morgan fingerprint density at radius 2 is 0.961 bits per heavy atom. The Morgan fingerprint density at radius 3 is 1.37 bits per heavy atom. The van der Waals surface area contributed by atoms with E-state index in [0.29, 0.717) is 30.2 Å². The van der Waals surface area contributed by atoms with Crippen LogP contribution in [0.4, 0.5) is 34.1 Å². The fraction of sp³-hybridized carbons (Fsp3) is 0.189. The molecule has 14 heteroatoms. The molecule has 264 valence electrons. The minimum atomic E-state index is -4.26. The summed E-state index contributed by atoms with van der Waals surface area (Å²) in [4.78, 5) is 3.93. The standard InChI is InChI=1S/C37H38N6O6S2/c1-5-29-23-33(15-21-37(29)41-39-31-12-18-35(19-13-31)51(47,48)49)43(4)25-28-8-6-27(7-9-28)24-42(3)32-14-20-36(26(2)22-32)40-38-30-10-16-34(17-11-30)50(44,45)46/h6-23H,5,24-25H2,1-4H3,(H,44,45,46)(H,47,48,49). The number of azo groups is 2. The van der Waals surface area contributed by atoms with Gasteiger partial charge in [-0.15, -0.1) is 0 Å². The summed E-state index contributed by atoms with van der Waals surface area (Å²) in [5.74, 6) is 0. The Bertz CT molecular complexity index is 2280. The summed E-state index contributed by atoms with van der Waals surface area (Å²) in [5.41, 5.74) is 8.71. The van der Waals surface area contributed by atoms with Crippen LogP contribution in [0.5, 0.6) is 0 Å². The number of aryl methyl sites for hydroxylation is 2. The molecule has 5 rings (SSSR count). The van der Waals surface area contributed by atoms with Crippen molar-refractivity contribution in [1.82, 2.24) is 0 Å². The van der Waals surface area contributed by atoms with Crippen LogP contribution in [0.15, 0.2) is 139 Å². The monoisotopic (exact) mass is 726 g/mol. The highest BCUT2D eigenvalue weighted by Gasteiger charge is 2.11. The second kappa shape index (κ2) is 15.7. The molecule has 0 saturated heterocycles. The molecule has 0 atom stereocenters. The second-order valence-electron chi connectivity index (χ2n) is 12.0. The van der Waals surface area contributed by atoms with Crippen LogP contribution in [0.25, 0.3) is 0 Å². The van der Waals surface area contributed by atoms with Crippen LogP contribution in [0.2, 0.25) is 0 Å². The van der Waals surface area contributed by atoms with Gasteiger partial charge in [-0.1, -0.05) is 31.2 Å². The summed E-state index contributed by atoms with van der Waals surface area (Å²) in [6, 6.07) is 31.5. The van der Waals surface area contributed by atoms with E-state index in [9.17, 15) is 16.8 Å². The molecule has 0 spiro atoms. The van der Waals surface area contributed by atoms with Gasteiger partial charge in [0.2, 0.25) is 0 Å². The van der Waals surface area contributed by atoms with Gasteiger partial charge in [-0.25, -0.2) is 0 Å². The maximum absolute atomic E-state index is 11.3. The van der Waals surface area contributed by atoms with Crippen LogP contribution < -0.4 is 9.80 Å². The molecule has 0 amide bonds. The third-order valence-electron chi connectivity index (χ3n) is 8.18. The number of anilines is 2. The predicted molar refractivity (Wildman–Crippen MR) is 199 cm³/mol. The van der Waals surface area contributed by atoms with Crippen molar-refractivity contribution in [3.63, 3.8) is 0 Å². The van der Waals surface area contributed by atoms with Crippen molar-refractivity contribution in [3.8, 4) is 0 Å². The zero-order valence-electron chi connectivity index (χ0n) is 28.5. The maximum Gasteiger partial charge on any atom is 0.294 e. The molecule has 0 bridgehead atoms. The quantitative estimate of drug-likeness (QED) is 0.0896. The van der Waals surface area contributed by atoms with Gasteiger partial charge in [0.25, 0.3) is 20.2 Å². The van der Waals surface area contributed by atoms with Crippen molar-refractivity contribution in [2.24, 2.45) is 20.5 Å². The van der Waals surface area contributed by atoms with Crippen molar-refractivity contribution in [2.75, 3.05) is 23.9 Å². The van der Waals surface area contributed by atoms with Gasteiger partial charge >= 0.3 is 0 Å². The van der Waals surface area contributed by atoms with E-state index in [-0.39, 0.29) is 9.79 Å². The largest absolute Gasteiger partial charge is 0.370 e. The van der Waals surface area contributed by atoms with Crippen molar-refractivity contribution < 1.29 is 25.9 Å². The molecule has 5 aromatic rings. The topological polar surface area (TPSA) is 165 Å². The van der Waals surface area contributed by atoms with E-state index in [4.69, 9.17) is 9.11 Å². The van der Waals surface area contributed by atoms with Gasteiger partial charge in [-0.05, 0) is 121 Å². The number of rotatable bonds is 13. The van der Waals surface area contributed by atoms with Crippen LogP contribution in [0.3, 0.4) is 0 Å². The van der Waals surface area contributed by atoms with E-state index in [1.165, 1.54) is 48.5 Å². The number of nitrogens with zero attached hydrogens (tertiary/aromatic N) is 6. The average molecular weight is 727 g/mol. The Labute approximate surface area is 298 Å². The second-order valence-corrected chi connectivity index (χ2v) is 14.8. The molecule has 0 heterocycles. The molecule has 2 N–H and O–H groups in total. The lowest BCUT2D eigenvalue weighted by atomic mass is 10.1. The maximum atomic E-state index is 11.3. The molecule has 0 aromatic heterocycles. The van der Waals surface area contributed by atoms with Gasteiger partial charge in [0, 0.05) is 38.6 Å². The fourth-order valence-corrected chi connectivity index (χ4v) is 6.21. The Balaban J connectivity index is 1.17. The molecule has 0 radical (unpaired) electrons. The Morgan fingerprint density at radius 1 is 0.549 bits per heavy atom. The highest BCUT2D eigenvalue weighted by Crippen LogP contribution is 2.30. The van der Waals surface area contributed by atoms with Crippen LogP contribution in [-0.4, -0.2) is 40.0 Å². The first kappa shape index (κ1) is 37.0. The minimum absolute atomic E-state index is 0.196. The predicted octanol–water partition coefficient (Wildman–Crippen LogP) is 9.15. The summed E-state index contributed by atoms with van der Waals surface area (Å²) < 4.78 is 63.3. The molecule has 0 aliphatic carbocycles. The van der Waals surface area contributed by atoms with E-state index in [1.807, 2.05) is 51.4 Å². The molecule has 0 aliphatic rings. The van der Waals surface area contributed by atoms with Gasteiger partial charge in [0.05, 0.1) is 32.5 Å². The molecule has 0 fully saturated rings. The zero-order chi connectivity index (χ0) is 36.8. The van der Waals surface area contributed by atoms with E-state index in [0.717, 1.165) is 45.7 Å². The normalized spacial score (nSPS) is 12.1. The summed E-state index contributed by atoms with van der Waals surface area (Å²) in [7, 11) is -4.45. The lowest BCUT2D eigenvalue weighted by molar-refractivity contribution is 0.481. The smallest absolute Gasteiger partial charge is 0.294 e. The first-order valence-electron chi connectivity index (χ1n) is 15.9. The lowest BCUT2D eigenvalue weighted by Crippen LogP contribution is -2.17. The van der Waals surface area contributed by atoms with Gasteiger partial charge in [0.1, 0.15) is 0 Å². The molecule has 0 unspecified atom stereocenters. The van der Waals surface area contributed by atoms with Crippen molar-refractivity contribution >= 4 is 54.4 Å². The number of hydrogen-bond acceptors (Lipinski definition) is 10. The van der Waals surface area contributed by atoms with Crippen LogP contribution in [0, 0.1) is 6.92 Å².